The number of hydrogen-bond acceptors (Lipinski definition) is 5. The highest BCUT2D eigenvalue weighted by atomic mass is 127. The number of hydrogen-bond donors (Lipinski definition) is 1. The molecule has 11 heteroatoms. The molecule has 6 nitrogen and oxygen atoms in total. The molecule has 190 valence electrons. The molecule has 1 aliphatic rings. The van der Waals surface area contributed by atoms with Crippen LogP contribution in [0.25, 0.3) is 6.08 Å². The van der Waals surface area contributed by atoms with Crippen molar-refractivity contribution in [1.82, 2.24) is 5.32 Å². The van der Waals surface area contributed by atoms with Gasteiger partial charge in [-0.3, -0.25) is 14.9 Å². The highest BCUT2D eigenvalue weighted by Gasteiger charge is 2.35. The monoisotopic (exact) mass is 670 g/mol. The molecule has 37 heavy (non-hydrogen) atoms. The summed E-state index contributed by atoms with van der Waals surface area (Å²) in [5.41, 5.74) is 0.975. The zero-order valence-electron chi connectivity index (χ0n) is 19.2. The van der Waals surface area contributed by atoms with E-state index in [9.17, 15) is 14.0 Å². The number of benzene rings is 3. The Morgan fingerprint density at radius 2 is 1.86 bits per heavy atom. The Hall–Kier alpha value is -2.73. The maximum Gasteiger partial charge on any atom is 0.270 e. The quantitative estimate of drug-likeness (QED) is 0.134. The first-order valence-electron chi connectivity index (χ1n) is 10.9. The standard InChI is InChI=1S/C26H18Cl2FIN2O4S/c1-2-35-22-11-14(10-20(30)23(22)36-13-15-7-8-16(27)12-18(15)28)9-17-24(33)31-26(37)32(25(17)34)21-6-4-3-5-19(21)29/h3-12H,2,13H2,1H3,(H,31,33,37)/b17-9+. The summed E-state index contributed by atoms with van der Waals surface area (Å²) in [6, 6.07) is 14.2. The second-order valence-electron chi connectivity index (χ2n) is 7.70. The zero-order chi connectivity index (χ0) is 26.7. The summed E-state index contributed by atoms with van der Waals surface area (Å²) in [7, 11) is 0. The van der Waals surface area contributed by atoms with Crippen LogP contribution in [0.5, 0.6) is 11.5 Å². The number of carbonyl (C=O) groups excluding carboxylic acids is 2. The van der Waals surface area contributed by atoms with Crippen LogP contribution in [0.4, 0.5) is 10.1 Å². The van der Waals surface area contributed by atoms with Gasteiger partial charge in [-0.1, -0.05) is 41.4 Å². The van der Waals surface area contributed by atoms with Crippen molar-refractivity contribution in [3.63, 3.8) is 0 Å². The Balaban J connectivity index is 1.67. The van der Waals surface area contributed by atoms with Crippen LogP contribution in [0, 0.1) is 9.39 Å². The van der Waals surface area contributed by atoms with Crippen LogP contribution in [0.1, 0.15) is 18.1 Å². The van der Waals surface area contributed by atoms with Crippen LogP contribution in [0.15, 0.2) is 60.2 Å². The summed E-state index contributed by atoms with van der Waals surface area (Å²) < 4.78 is 26.9. The van der Waals surface area contributed by atoms with Gasteiger partial charge in [-0.25, -0.2) is 9.29 Å². The van der Waals surface area contributed by atoms with Crippen LogP contribution in [-0.2, 0) is 16.2 Å². The van der Waals surface area contributed by atoms with Crippen molar-refractivity contribution >= 4 is 86.7 Å². The van der Waals surface area contributed by atoms with Gasteiger partial charge in [-0.15, -0.1) is 0 Å². The van der Waals surface area contributed by atoms with Gasteiger partial charge < -0.3 is 9.47 Å². The smallest absolute Gasteiger partial charge is 0.270 e. The fourth-order valence-electron chi connectivity index (χ4n) is 3.54. The minimum absolute atomic E-state index is 0.0578. The van der Waals surface area contributed by atoms with E-state index in [1.807, 2.05) is 6.92 Å². The Bertz CT molecular complexity index is 1450. The molecule has 3 aromatic rings. The number of anilines is 1. The number of halogens is 4. The van der Waals surface area contributed by atoms with E-state index in [4.69, 9.17) is 44.9 Å². The Labute approximate surface area is 241 Å². The molecule has 0 aromatic heterocycles. The average Bonchev–Trinajstić information content (AvgIpc) is 2.83. The highest BCUT2D eigenvalue weighted by molar-refractivity contribution is 14.1. The summed E-state index contributed by atoms with van der Waals surface area (Å²) in [6.07, 6.45) is 1.40. The summed E-state index contributed by atoms with van der Waals surface area (Å²) in [5.74, 6) is -1.19. The molecule has 3 aromatic carbocycles. The molecule has 1 aliphatic heterocycles. The first kappa shape index (κ1) is 27.3. The lowest BCUT2D eigenvalue weighted by atomic mass is 10.1. The summed E-state index contributed by atoms with van der Waals surface area (Å²) >= 11 is 19.5. The maximum atomic E-state index is 14.4. The van der Waals surface area contributed by atoms with E-state index >= 15 is 0 Å². The minimum Gasteiger partial charge on any atom is -0.490 e. The molecule has 0 atom stereocenters. The largest absolute Gasteiger partial charge is 0.490 e. The van der Waals surface area contributed by atoms with Crippen molar-refractivity contribution in [3.8, 4) is 11.5 Å². The highest BCUT2D eigenvalue weighted by Crippen LogP contribution is 2.36. The second-order valence-corrected chi connectivity index (χ2v) is 10.1. The van der Waals surface area contributed by atoms with Crippen molar-refractivity contribution in [3.05, 3.63) is 90.7 Å². The minimum atomic E-state index is -0.746. The first-order valence-corrected chi connectivity index (χ1v) is 13.1. The van der Waals surface area contributed by atoms with Crippen LogP contribution in [0.2, 0.25) is 10.0 Å². The third-order valence-corrected chi connectivity index (χ3v) is 6.90. The number of rotatable bonds is 7. The lowest BCUT2D eigenvalue weighted by Gasteiger charge is -2.29. The van der Waals surface area contributed by atoms with E-state index in [1.54, 1.807) is 36.4 Å². The van der Waals surface area contributed by atoms with Gasteiger partial charge in [0.15, 0.2) is 16.6 Å². The lowest BCUT2D eigenvalue weighted by Crippen LogP contribution is -2.54. The number of nitrogens with zero attached hydrogens (tertiary/aromatic N) is 1. The lowest BCUT2D eigenvalue weighted by molar-refractivity contribution is -0.122. The summed E-state index contributed by atoms with van der Waals surface area (Å²) in [6.45, 7) is 2.34. The Morgan fingerprint density at radius 1 is 1.11 bits per heavy atom. The van der Waals surface area contributed by atoms with Crippen LogP contribution >= 0.6 is 58.0 Å². The number of thiocarbonyl (C=S) groups is 1. The normalized spacial score (nSPS) is 14.7. The van der Waals surface area contributed by atoms with Gasteiger partial charge in [-0.05, 0) is 89.8 Å². The molecule has 0 spiro atoms. The average molecular weight is 671 g/mol. The van der Waals surface area contributed by atoms with E-state index in [1.165, 1.54) is 24.3 Å². The summed E-state index contributed by atoms with van der Waals surface area (Å²) in [4.78, 5) is 26.9. The molecule has 0 bridgehead atoms. The predicted octanol–water partition coefficient (Wildman–Crippen LogP) is 6.55. The molecule has 0 saturated carbocycles. The first-order chi connectivity index (χ1) is 17.7. The van der Waals surface area contributed by atoms with E-state index in [2.05, 4.69) is 27.9 Å². The van der Waals surface area contributed by atoms with E-state index < -0.39 is 17.6 Å². The van der Waals surface area contributed by atoms with Gasteiger partial charge in [0, 0.05) is 15.6 Å². The topological polar surface area (TPSA) is 67.9 Å². The predicted molar refractivity (Wildman–Crippen MR) is 154 cm³/mol. The maximum absolute atomic E-state index is 14.4. The molecule has 0 aliphatic carbocycles. The third-order valence-electron chi connectivity index (χ3n) is 5.22. The fraction of sp³-hybridized carbons (Fsp3) is 0.115. The third kappa shape index (κ3) is 6.06. The van der Waals surface area contributed by atoms with Crippen molar-refractivity contribution < 1.29 is 23.5 Å². The van der Waals surface area contributed by atoms with E-state index in [0.29, 0.717) is 37.3 Å². The number of nitrogens with one attached hydrogen (secondary N) is 1. The fourth-order valence-corrected chi connectivity index (χ4v) is 5.06. The molecule has 0 radical (unpaired) electrons. The SMILES string of the molecule is CCOc1cc(/C=C2\C(=O)NC(=S)N(c3ccccc3F)C2=O)cc(I)c1OCc1ccc(Cl)cc1Cl. The number of amides is 2. The molecule has 1 heterocycles. The van der Waals surface area contributed by atoms with Crippen molar-refractivity contribution in [2.24, 2.45) is 0 Å². The molecule has 1 N–H and O–H groups in total. The van der Waals surface area contributed by atoms with Crippen LogP contribution in [-0.4, -0.2) is 23.5 Å². The van der Waals surface area contributed by atoms with E-state index in [-0.39, 0.29) is 23.0 Å². The van der Waals surface area contributed by atoms with Gasteiger partial charge >= 0.3 is 0 Å². The second kappa shape index (κ2) is 11.8. The van der Waals surface area contributed by atoms with Gasteiger partial charge in [0.25, 0.3) is 11.8 Å². The van der Waals surface area contributed by atoms with Crippen LogP contribution < -0.4 is 19.7 Å². The van der Waals surface area contributed by atoms with Crippen molar-refractivity contribution in [2.45, 2.75) is 13.5 Å². The zero-order valence-corrected chi connectivity index (χ0v) is 23.7. The van der Waals surface area contributed by atoms with Gasteiger partial charge in [0.1, 0.15) is 18.0 Å². The molecular weight excluding hydrogens is 653 g/mol. The molecule has 0 unspecified atom stereocenters. The number of para-hydroxylation sites is 1. The Kier molecular flexibility index (Phi) is 8.68. The molecular formula is C26H18Cl2FIN2O4S. The summed E-state index contributed by atoms with van der Waals surface area (Å²) in [5, 5.41) is 3.24. The van der Waals surface area contributed by atoms with Crippen molar-refractivity contribution in [1.29, 1.82) is 0 Å². The van der Waals surface area contributed by atoms with Gasteiger partial charge in [0.2, 0.25) is 0 Å². The van der Waals surface area contributed by atoms with Crippen LogP contribution in [0.3, 0.4) is 0 Å². The molecule has 1 fully saturated rings. The van der Waals surface area contributed by atoms with Gasteiger partial charge in [-0.2, -0.15) is 0 Å². The number of carbonyl (C=O) groups is 2. The molecule has 4 rings (SSSR count). The Morgan fingerprint density at radius 3 is 2.57 bits per heavy atom. The number of ether oxygens (including phenoxy) is 2. The molecule has 1 saturated heterocycles. The molecule has 2 amide bonds. The van der Waals surface area contributed by atoms with Crippen molar-refractivity contribution in [2.75, 3.05) is 11.5 Å². The van der Waals surface area contributed by atoms with E-state index in [0.717, 1.165) is 10.5 Å². The van der Waals surface area contributed by atoms with Gasteiger partial charge in [0.05, 0.1) is 15.9 Å².